The van der Waals surface area contributed by atoms with Crippen molar-refractivity contribution in [2.45, 2.75) is 0 Å². The molecule has 3 heteroatoms. The van der Waals surface area contributed by atoms with Gasteiger partial charge in [-0.05, 0) is 99.8 Å². The first-order valence-corrected chi connectivity index (χ1v) is 19.6. The van der Waals surface area contributed by atoms with Gasteiger partial charge >= 0.3 is 0 Å². The van der Waals surface area contributed by atoms with Gasteiger partial charge in [0.05, 0.1) is 11.0 Å². The Kier molecular flexibility index (Phi) is 7.39. The molecule has 0 amide bonds. The molecule has 0 N–H and O–H groups in total. The molecule has 2 aromatic heterocycles. The third kappa shape index (κ3) is 5.32. The largest absolute Gasteiger partial charge is 0.310 e. The van der Waals surface area contributed by atoms with Gasteiger partial charge in [0.15, 0.2) is 0 Å². The first-order chi connectivity index (χ1) is 27.3. The van der Waals surface area contributed by atoms with Gasteiger partial charge in [0.1, 0.15) is 0 Å². The van der Waals surface area contributed by atoms with Gasteiger partial charge in [-0.2, -0.15) is 0 Å². The average molecular weight is 719 g/mol. The SMILES string of the molecule is c1cc(N(c2ccc(-c3ccc4c(c3)sc3ccccc34)cc2)c2ccc(-c3cccc4ccccc34)cc2)cc(-n2c3ccccc3c3ccccc32)c1. The summed E-state index contributed by atoms with van der Waals surface area (Å²) in [5.41, 5.74) is 11.7. The topological polar surface area (TPSA) is 8.17 Å². The predicted molar refractivity (Wildman–Crippen MR) is 237 cm³/mol. The molecule has 11 aromatic rings. The second-order valence-electron chi connectivity index (χ2n) is 14.2. The van der Waals surface area contributed by atoms with Gasteiger partial charge in [0, 0.05) is 53.7 Å². The van der Waals surface area contributed by atoms with E-state index in [1.165, 1.54) is 75.0 Å². The van der Waals surface area contributed by atoms with Crippen LogP contribution in [0.5, 0.6) is 0 Å². The number of benzene rings is 9. The van der Waals surface area contributed by atoms with Crippen molar-refractivity contribution in [2.24, 2.45) is 0 Å². The fourth-order valence-electron chi connectivity index (χ4n) is 8.39. The van der Waals surface area contributed by atoms with Crippen molar-refractivity contribution in [3.63, 3.8) is 0 Å². The number of nitrogens with zero attached hydrogens (tertiary/aromatic N) is 2. The van der Waals surface area contributed by atoms with Gasteiger partial charge < -0.3 is 9.47 Å². The molecular weight excluding hydrogens is 685 g/mol. The molecule has 0 aliphatic carbocycles. The Labute approximate surface area is 323 Å². The summed E-state index contributed by atoms with van der Waals surface area (Å²) in [6, 6.07) is 75.2. The van der Waals surface area contributed by atoms with E-state index in [1.54, 1.807) is 0 Å². The number of hydrogen-bond acceptors (Lipinski definition) is 2. The summed E-state index contributed by atoms with van der Waals surface area (Å²) in [5, 5.41) is 7.68. The van der Waals surface area contributed by atoms with Gasteiger partial charge in [-0.15, -0.1) is 11.3 Å². The van der Waals surface area contributed by atoms with E-state index in [2.05, 4.69) is 216 Å². The molecule has 0 saturated carbocycles. The van der Waals surface area contributed by atoms with Crippen LogP contribution in [0.15, 0.2) is 206 Å². The summed E-state index contributed by atoms with van der Waals surface area (Å²) in [7, 11) is 0. The number of hydrogen-bond donors (Lipinski definition) is 0. The van der Waals surface area contributed by atoms with E-state index in [-0.39, 0.29) is 0 Å². The zero-order valence-electron chi connectivity index (χ0n) is 29.9. The summed E-state index contributed by atoms with van der Waals surface area (Å²) < 4.78 is 5.04. The molecule has 0 fully saturated rings. The number of aromatic nitrogens is 1. The summed E-state index contributed by atoms with van der Waals surface area (Å²) >= 11 is 1.86. The van der Waals surface area contributed by atoms with Crippen LogP contribution in [0.4, 0.5) is 17.1 Å². The van der Waals surface area contributed by atoms with E-state index in [4.69, 9.17) is 0 Å². The highest BCUT2D eigenvalue weighted by molar-refractivity contribution is 7.25. The molecule has 2 nitrogen and oxygen atoms in total. The van der Waals surface area contributed by atoms with Crippen LogP contribution < -0.4 is 4.90 Å². The minimum Gasteiger partial charge on any atom is -0.310 e. The Morgan fingerprint density at radius 3 is 1.65 bits per heavy atom. The zero-order valence-corrected chi connectivity index (χ0v) is 30.7. The van der Waals surface area contributed by atoms with Crippen molar-refractivity contribution < 1.29 is 0 Å². The quantitative estimate of drug-likeness (QED) is 0.166. The minimum atomic E-state index is 1.09. The minimum absolute atomic E-state index is 1.09. The smallest absolute Gasteiger partial charge is 0.0541 e. The van der Waals surface area contributed by atoms with Crippen LogP contribution in [0, 0.1) is 0 Å². The van der Waals surface area contributed by atoms with Crippen molar-refractivity contribution in [3.8, 4) is 27.9 Å². The Balaban J connectivity index is 1.03. The van der Waals surface area contributed by atoms with Crippen molar-refractivity contribution in [1.82, 2.24) is 4.57 Å². The van der Waals surface area contributed by atoms with E-state index in [0.717, 1.165) is 22.7 Å². The zero-order chi connectivity index (χ0) is 36.3. The molecule has 0 bridgehead atoms. The molecule has 11 rings (SSSR count). The number of para-hydroxylation sites is 2. The Morgan fingerprint density at radius 1 is 0.345 bits per heavy atom. The highest BCUT2D eigenvalue weighted by Crippen LogP contribution is 2.41. The molecule has 0 aliphatic heterocycles. The highest BCUT2D eigenvalue weighted by atomic mass is 32.1. The lowest BCUT2D eigenvalue weighted by Gasteiger charge is -2.26. The number of rotatable bonds is 6. The molecule has 9 aromatic carbocycles. The predicted octanol–water partition coefficient (Wildman–Crippen LogP) is 15.1. The lowest BCUT2D eigenvalue weighted by molar-refractivity contribution is 1.17. The van der Waals surface area contributed by atoms with E-state index >= 15 is 0 Å². The average Bonchev–Trinajstić information content (AvgIpc) is 3.80. The molecule has 0 aliphatic rings. The number of fused-ring (bicyclic) bond motifs is 7. The standard InChI is InChI=1S/C52H34N2S/c1-2-15-43-36(11-1)12-9-19-44(43)37-25-30-40(31-26-37)53(39-28-23-35(24-29-39)38-27-32-48-47-18-5-8-22-51(47)55-52(48)33-38)41-13-10-14-42(34-41)54-49-20-6-3-16-45(49)46-17-4-7-21-50(46)54/h1-34H. The first kappa shape index (κ1) is 31.6. The third-order valence-electron chi connectivity index (χ3n) is 11.0. The molecule has 2 heterocycles. The fourth-order valence-corrected chi connectivity index (χ4v) is 9.54. The van der Waals surface area contributed by atoms with Crippen molar-refractivity contribution >= 4 is 81.1 Å². The van der Waals surface area contributed by atoms with E-state index < -0.39 is 0 Å². The second kappa shape index (κ2) is 12.9. The van der Waals surface area contributed by atoms with Gasteiger partial charge in [-0.25, -0.2) is 0 Å². The van der Waals surface area contributed by atoms with Crippen molar-refractivity contribution in [2.75, 3.05) is 4.90 Å². The van der Waals surface area contributed by atoms with Crippen LogP contribution >= 0.6 is 11.3 Å². The third-order valence-corrected chi connectivity index (χ3v) is 12.1. The van der Waals surface area contributed by atoms with Crippen LogP contribution in [0.25, 0.3) is 80.7 Å². The fraction of sp³-hybridized carbons (Fsp3) is 0. The molecule has 0 spiro atoms. The second-order valence-corrected chi connectivity index (χ2v) is 15.2. The molecular formula is C52H34N2S. The Morgan fingerprint density at radius 2 is 0.909 bits per heavy atom. The van der Waals surface area contributed by atoms with Gasteiger partial charge in [0.2, 0.25) is 0 Å². The summed E-state index contributed by atoms with van der Waals surface area (Å²) in [6.07, 6.45) is 0. The van der Waals surface area contributed by atoms with Gasteiger partial charge in [0.25, 0.3) is 0 Å². The van der Waals surface area contributed by atoms with Crippen LogP contribution in [0.2, 0.25) is 0 Å². The summed E-state index contributed by atoms with van der Waals surface area (Å²) in [6.45, 7) is 0. The lowest BCUT2D eigenvalue weighted by Crippen LogP contribution is -2.10. The molecule has 0 unspecified atom stereocenters. The first-order valence-electron chi connectivity index (χ1n) is 18.8. The maximum atomic E-state index is 2.39. The number of thiophene rings is 1. The Bertz CT molecular complexity index is 3150. The Hall–Kier alpha value is -6.94. The van der Waals surface area contributed by atoms with Crippen LogP contribution in [-0.4, -0.2) is 4.57 Å². The maximum Gasteiger partial charge on any atom is 0.0541 e. The van der Waals surface area contributed by atoms with Crippen LogP contribution in [0.1, 0.15) is 0 Å². The maximum absolute atomic E-state index is 2.39. The number of anilines is 3. The van der Waals surface area contributed by atoms with Crippen LogP contribution in [-0.2, 0) is 0 Å². The monoisotopic (exact) mass is 718 g/mol. The highest BCUT2D eigenvalue weighted by Gasteiger charge is 2.17. The van der Waals surface area contributed by atoms with Gasteiger partial charge in [-0.3, -0.25) is 0 Å². The van der Waals surface area contributed by atoms with E-state index in [1.807, 2.05) is 11.3 Å². The molecule has 258 valence electrons. The summed E-state index contributed by atoms with van der Waals surface area (Å²) in [5.74, 6) is 0. The molecule has 0 atom stereocenters. The normalized spacial score (nSPS) is 11.6. The molecule has 0 saturated heterocycles. The summed E-state index contributed by atoms with van der Waals surface area (Å²) in [4.78, 5) is 2.38. The van der Waals surface area contributed by atoms with Crippen molar-refractivity contribution in [1.29, 1.82) is 0 Å². The molecule has 0 radical (unpaired) electrons. The molecule has 55 heavy (non-hydrogen) atoms. The van der Waals surface area contributed by atoms with E-state index in [0.29, 0.717) is 0 Å². The van der Waals surface area contributed by atoms with Crippen LogP contribution in [0.3, 0.4) is 0 Å². The van der Waals surface area contributed by atoms with Gasteiger partial charge in [-0.1, -0.05) is 140 Å². The lowest BCUT2D eigenvalue weighted by atomic mass is 9.98. The van der Waals surface area contributed by atoms with E-state index in [9.17, 15) is 0 Å². The van der Waals surface area contributed by atoms with Crippen molar-refractivity contribution in [3.05, 3.63) is 206 Å².